The minimum absolute atomic E-state index is 0.216. The molecule has 1 aromatic rings. The van der Waals surface area contributed by atoms with E-state index in [2.05, 4.69) is 9.72 Å². The van der Waals surface area contributed by atoms with Crippen molar-refractivity contribution in [3.8, 4) is 0 Å². The first-order valence-electron chi connectivity index (χ1n) is 4.56. The zero-order chi connectivity index (χ0) is 12.0. The number of aromatic nitrogens is 1. The van der Waals surface area contributed by atoms with E-state index in [9.17, 15) is 4.79 Å². The van der Waals surface area contributed by atoms with Crippen LogP contribution in [-0.4, -0.2) is 25.2 Å². The molecular formula is C11H12ClNO3. The van der Waals surface area contributed by atoms with Crippen LogP contribution >= 0.6 is 11.6 Å². The molecule has 0 aromatic carbocycles. The predicted molar refractivity (Wildman–Crippen MR) is 60.8 cm³/mol. The maximum Gasteiger partial charge on any atom is 0.341 e. The Balaban J connectivity index is 3.21. The summed E-state index contributed by atoms with van der Waals surface area (Å²) in [5.41, 5.74) is 1.53. The molecule has 5 heteroatoms. The van der Waals surface area contributed by atoms with Crippen molar-refractivity contribution in [1.29, 1.82) is 0 Å². The van der Waals surface area contributed by atoms with Gasteiger partial charge in [-0.2, -0.15) is 0 Å². The first kappa shape index (κ1) is 12.5. The third-order valence-corrected chi connectivity index (χ3v) is 2.20. The Morgan fingerprint density at radius 1 is 1.56 bits per heavy atom. The highest BCUT2D eigenvalue weighted by Crippen LogP contribution is 2.20. The Hall–Kier alpha value is -1.55. The number of rotatable bonds is 4. The first-order chi connectivity index (χ1) is 7.74. The van der Waals surface area contributed by atoms with Gasteiger partial charge in [0.15, 0.2) is 0 Å². The number of carbonyl (C=O) groups excluding carboxylic acids is 1. The molecule has 86 valence electrons. The molecule has 0 aliphatic heterocycles. The van der Waals surface area contributed by atoms with Gasteiger partial charge in [-0.15, -0.1) is 11.6 Å². The van der Waals surface area contributed by atoms with Crippen LogP contribution in [0.5, 0.6) is 0 Å². The van der Waals surface area contributed by atoms with Gasteiger partial charge in [-0.05, 0) is 6.07 Å². The van der Waals surface area contributed by atoms with Crippen LogP contribution in [0.2, 0.25) is 0 Å². The Morgan fingerprint density at radius 2 is 2.31 bits per heavy atom. The van der Waals surface area contributed by atoms with E-state index in [1.54, 1.807) is 18.3 Å². The van der Waals surface area contributed by atoms with Crippen molar-refractivity contribution < 1.29 is 14.3 Å². The molecule has 0 bridgehead atoms. The summed E-state index contributed by atoms with van der Waals surface area (Å²) >= 11 is 5.74. The maximum atomic E-state index is 11.5. The summed E-state index contributed by atoms with van der Waals surface area (Å²) in [7, 11) is 2.77. The predicted octanol–water partition coefficient (Wildman–Crippen LogP) is 1.98. The topological polar surface area (TPSA) is 48.4 Å². The number of halogens is 1. The molecule has 0 unspecified atom stereocenters. The summed E-state index contributed by atoms with van der Waals surface area (Å²) in [6, 6.07) is 3.46. The largest absolute Gasteiger partial charge is 0.503 e. The second-order valence-corrected chi connectivity index (χ2v) is 3.16. The van der Waals surface area contributed by atoms with Crippen molar-refractivity contribution >= 4 is 23.1 Å². The number of hydrogen-bond acceptors (Lipinski definition) is 4. The summed E-state index contributed by atoms with van der Waals surface area (Å²) in [5.74, 6) is -0.268. The van der Waals surface area contributed by atoms with Gasteiger partial charge >= 0.3 is 5.97 Å². The minimum atomic E-state index is -0.485. The lowest BCUT2D eigenvalue weighted by molar-refractivity contribution is -0.133. The van der Waals surface area contributed by atoms with Gasteiger partial charge in [0.25, 0.3) is 0 Å². The summed E-state index contributed by atoms with van der Waals surface area (Å²) in [4.78, 5) is 15.6. The molecule has 1 rings (SSSR count). The average Bonchev–Trinajstić information content (AvgIpc) is 2.35. The van der Waals surface area contributed by atoms with Crippen LogP contribution in [0.1, 0.15) is 11.3 Å². The van der Waals surface area contributed by atoms with Gasteiger partial charge < -0.3 is 9.47 Å². The zero-order valence-corrected chi connectivity index (χ0v) is 9.82. The normalized spacial score (nSPS) is 11.1. The van der Waals surface area contributed by atoms with Gasteiger partial charge in [-0.25, -0.2) is 4.79 Å². The SMILES string of the molecule is COC=C(C(=O)OC)c1cccnc1CCl. The molecule has 1 heterocycles. The van der Waals surface area contributed by atoms with Gasteiger partial charge in [0.05, 0.1) is 32.1 Å². The van der Waals surface area contributed by atoms with Crippen LogP contribution < -0.4 is 0 Å². The van der Waals surface area contributed by atoms with Gasteiger partial charge in [-0.1, -0.05) is 6.07 Å². The molecule has 0 aliphatic carbocycles. The monoisotopic (exact) mass is 241 g/mol. The van der Waals surface area contributed by atoms with E-state index in [1.807, 2.05) is 0 Å². The number of hydrogen-bond donors (Lipinski definition) is 0. The molecule has 0 N–H and O–H groups in total. The molecule has 0 fully saturated rings. The van der Waals surface area contributed by atoms with Crippen LogP contribution in [0.4, 0.5) is 0 Å². The van der Waals surface area contributed by atoms with Crippen LogP contribution in [0, 0.1) is 0 Å². The van der Waals surface area contributed by atoms with E-state index in [0.29, 0.717) is 16.8 Å². The number of methoxy groups -OCH3 is 2. The van der Waals surface area contributed by atoms with Crippen LogP contribution in [0.15, 0.2) is 24.6 Å². The number of nitrogens with zero attached hydrogens (tertiary/aromatic N) is 1. The van der Waals surface area contributed by atoms with Crippen molar-refractivity contribution in [3.05, 3.63) is 35.8 Å². The second kappa shape index (κ2) is 6.12. The van der Waals surface area contributed by atoms with E-state index in [4.69, 9.17) is 16.3 Å². The molecular weight excluding hydrogens is 230 g/mol. The van der Waals surface area contributed by atoms with E-state index < -0.39 is 5.97 Å². The third kappa shape index (κ3) is 2.73. The molecule has 1 aromatic heterocycles. The van der Waals surface area contributed by atoms with Crippen molar-refractivity contribution in [2.75, 3.05) is 14.2 Å². The smallest absolute Gasteiger partial charge is 0.341 e. The minimum Gasteiger partial charge on any atom is -0.503 e. The van der Waals surface area contributed by atoms with Crippen molar-refractivity contribution in [3.63, 3.8) is 0 Å². The van der Waals surface area contributed by atoms with Gasteiger partial charge in [0.1, 0.15) is 5.57 Å². The van der Waals surface area contributed by atoms with Gasteiger partial charge in [0.2, 0.25) is 0 Å². The number of alkyl halides is 1. The van der Waals surface area contributed by atoms with Crippen molar-refractivity contribution in [2.24, 2.45) is 0 Å². The van der Waals surface area contributed by atoms with Crippen LogP contribution in [0.25, 0.3) is 5.57 Å². The Bertz CT molecular complexity index is 404. The highest BCUT2D eigenvalue weighted by Gasteiger charge is 2.16. The van der Waals surface area contributed by atoms with Crippen molar-refractivity contribution in [1.82, 2.24) is 4.98 Å². The lowest BCUT2D eigenvalue weighted by Crippen LogP contribution is -2.07. The fraction of sp³-hybridized carbons (Fsp3) is 0.273. The van der Waals surface area contributed by atoms with Crippen LogP contribution in [0.3, 0.4) is 0 Å². The molecule has 0 radical (unpaired) electrons. The summed E-state index contributed by atoms with van der Waals surface area (Å²) in [5, 5.41) is 0. The van der Waals surface area contributed by atoms with E-state index in [-0.39, 0.29) is 5.88 Å². The van der Waals surface area contributed by atoms with E-state index in [0.717, 1.165) is 0 Å². The fourth-order valence-electron chi connectivity index (χ4n) is 1.24. The maximum absolute atomic E-state index is 11.5. The standard InChI is InChI=1S/C11H12ClNO3/c1-15-7-9(11(14)16-2)8-4-3-5-13-10(8)6-12/h3-5,7H,6H2,1-2H3. The molecule has 0 amide bonds. The van der Waals surface area contributed by atoms with Gasteiger partial charge in [-0.3, -0.25) is 4.98 Å². The average molecular weight is 242 g/mol. The first-order valence-corrected chi connectivity index (χ1v) is 5.09. The Morgan fingerprint density at radius 3 is 2.88 bits per heavy atom. The molecule has 0 spiro atoms. The fourth-order valence-corrected chi connectivity index (χ4v) is 1.45. The number of pyridine rings is 1. The summed E-state index contributed by atoms with van der Waals surface area (Å²) < 4.78 is 9.51. The van der Waals surface area contributed by atoms with Crippen molar-refractivity contribution in [2.45, 2.75) is 5.88 Å². The zero-order valence-electron chi connectivity index (χ0n) is 9.07. The van der Waals surface area contributed by atoms with E-state index >= 15 is 0 Å². The highest BCUT2D eigenvalue weighted by atomic mass is 35.5. The van der Waals surface area contributed by atoms with Crippen LogP contribution in [-0.2, 0) is 20.1 Å². The molecule has 0 atom stereocenters. The molecule has 0 aliphatic rings. The Kier molecular flexibility index (Phi) is 4.79. The third-order valence-electron chi connectivity index (χ3n) is 1.95. The quantitative estimate of drug-likeness (QED) is 0.350. The number of carbonyl (C=O) groups is 1. The van der Waals surface area contributed by atoms with E-state index in [1.165, 1.54) is 20.5 Å². The highest BCUT2D eigenvalue weighted by molar-refractivity contribution is 6.19. The lowest BCUT2D eigenvalue weighted by Gasteiger charge is -2.08. The number of ether oxygens (including phenoxy) is 2. The number of esters is 1. The molecule has 4 nitrogen and oxygen atoms in total. The molecule has 0 saturated heterocycles. The Labute approximate surface area is 98.8 Å². The molecule has 0 saturated carbocycles. The lowest BCUT2D eigenvalue weighted by atomic mass is 10.1. The summed E-state index contributed by atoms with van der Waals surface area (Å²) in [6.07, 6.45) is 2.93. The summed E-state index contributed by atoms with van der Waals surface area (Å²) in [6.45, 7) is 0. The second-order valence-electron chi connectivity index (χ2n) is 2.89. The van der Waals surface area contributed by atoms with Gasteiger partial charge in [0, 0.05) is 11.8 Å². The molecule has 16 heavy (non-hydrogen) atoms.